The van der Waals surface area contributed by atoms with Crippen LogP contribution >= 0.6 is 35.7 Å². The van der Waals surface area contributed by atoms with Gasteiger partial charge in [0.05, 0.1) is 7.11 Å². The highest BCUT2D eigenvalue weighted by Crippen LogP contribution is 2.26. The summed E-state index contributed by atoms with van der Waals surface area (Å²) in [5.74, 6) is 1.88. The minimum absolute atomic E-state index is 0. The molecule has 0 bridgehead atoms. The Hall–Kier alpha value is -0.630. The highest BCUT2D eigenvalue weighted by Gasteiger charge is 2.21. The molecular weight excluding hydrogens is 445 g/mol. The third kappa shape index (κ3) is 7.25. The monoisotopic (exact) mass is 477 g/mol. The van der Waals surface area contributed by atoms with Crippen molar-refractivity contribution in [1.82, 2.24) is 10.6 Å². The molecule has 1 fully saturated rings. The summed E-state index contributed by atoms with van der Waals surface area (Å²) in [4.78, 5) is 4.37. The molecule has 0 aliphatic heterocycles. The molecule has 0 aromatic heterocycles. The van der Waals surface area contributed by atoms with E-state index in [2.05, 4.69) is 47.0 Å². The number of thioether (sulfide) groups is 1. The number of hydrogen-bond donors (Lipinski definition) is 2. The van der Waals surface area contributed by atoms with Gasteiger partial charge in [0.1, 0.15) is 5.75 Å². The van der Waals surface area contributed by atoms with Crippen LogP contribution in [0.3, 0.4) is 0 Å². The van der Waals surface area contributed by atoms with E-state index >= 15 is 0 Å². The van der Waals surface area contributed by atoms with Gasteiger partial charge in [-0.15, -0.1) is 24.0 Å². The van der Waals surface area contributed by atoms with E-state index in [1.54, 1.807) is 7.11 Å². The maximum absolute atomic E-state index is 5.40. The van der Waals surface area contributed by atoms with Gasteiger partial charge in [0.15, 0.2) is 5.96 Å². The minimum Gasteiger partial charge on any atom is -0.496 e. The molecule has 2 unspecified atom stereocenters. The second-order valence-corrected chi connectivity index (χ2v) is 7.56. The number of nitrogens with one attached hydrogen (secondary N) is 2. The van der Waals surface area contributed by atoms with Crippen LogP contribution in [0.2, 0.25) is 0 Å². The zero-order valence-corrected chi connectivity index (χ0v) is 18.9. The molecule has 0 amide bonds. The van der Waals surface area contributed by atoms with Crippen molar-refractivity contribution in [3.63, 3.8) is 0 Å². The van der Waals surface area contributed by atoms with Crippen LogP contribution in [-0.4, -0.2) is 44.2 Å². The molecule has 1 aliphatic carbocycles. The number of hydrogen-bond acceptors (Lipinski definition) is 3. The SMILES string of the molecule is CN=C(NCCc1ccc(C)c(OC)c1)NC1CCCC(SC)C1.I. The fourth-order valence-corrected chi connectivity index (χ4v) is 4.05. The first-order valence-corrected chi connectivity index (χ1v) is 10.1. The van der Waals surface area contributed by atoms with E-state index in [0.717, 1.165) is 29.9 Å². The average molecular weight is 477 g/mol. The number of aliphatic imine (C=N–C) groups is 1. The normalized spacial score (nSPS) is 20.6. The zero-order valence-electron chi connectivity index (χ0n) is 15.8. The van der Waals surface area contributed by atoms with Gasteiger partial charge < -0.3 is 15.4 Å². The lowest BCUT2D eigenvalue weighted by atomic mass is 9.95. The maximum Gasteiger partial charge on any atom is 0.191 e. The van der Waals surface area contributed by atoms with Gasteiger partial charge in [-0.05, 0) is 56.1 Å². The summed E-state index contributed by atoms with van der Waals surface area (Å²) in [7, 11) is 3.57. The molecule has 1 aromatic carbocycles. The summed E-state index contributed by atoms with van der Waals surface area (Å²) < 4.78 is 5.40. The second-order valence-electron chi connectivity index (χ2n) is 6.42. The number of methoxy groups -OCH3 is 1. The minimum atomic E-state index is 0. The zero-order chi connectivity index (χ0) is 17.4. The first kappa shape index (κ1) is 22.4. The number of benzene rings is 1. The summed E-state index contributed by atoms with van der Waals surface area (Å²) in [6.07, 6.45) is 8.30. The van der Waals surface area contributed by atoms with Crippen molar-refractivity contribution in [3.05, 3.63) is 29.3 Å². The first-order valence-electron chi connectivity index (χ1n) is 8.79. The number of nitrogens with zero attached hydrogens (tertiary/aromatic N) is 1. The van der Waals surface area contributed by atoms with Gasteiger partial charge in [0, 0.05) is 24.9 Å². The van der Waals surface area contributed by atoms with Gasteiger partial charge in [-0.25, -0.2) is 0 Å². The number of halogens is 1. The number of ether oxygens (including phenoxy) is 1. The van der Waals surface area contributed by atoms with Crippen molar-refractivity contribution in [2.45, 2.75) is 50.3 Å². The van der Waals surface area contributed by atoms with Gasteiger partial charge in [-0.3, -0.25) is 4.99 Å². The lowest BCUT2D eigenvalue weighted by Gasteiger charge is -2.29. The van der Waals surface area contributed by atoms with E-state index in [9.17, 15) is 0 Å². The van der Waals surface area contributed by atoms with Crippen molar-refractivity contribution in [2.24, 2.45) is 4.99 Å². The van der Waals surface area contributed by atoms with Crippen LogP contribution in [0.15, 0.2) is 23.2 Å². The lowest BCUT2D eigenvalue weighted by Crippen LogP contribution is -2.46. The van der Waals surface area contributed by atoms with E-state index in [4.69, 9.17) is 4.74 Å². The molecule has 0 radical (unpaired) electrons. The molecule has 1 aliphatic rings. The molecule has 4 nitrogen and oxygen atoms in total. The molecule has 1 saturated carbocycles. The number of rotatable bonds is 6. The van der Waals surface area contributed by atoms with Crippen LogP contribution in [0.5, 0.6) is 5.75 Å². The van der Waals surface area contributed by atoms with E-state index in [1.807, 2.05) is 18.8 Å². The fourth-order valence-electron chi connectivity index (χ4n) is 3.22. The Morgan fingerprint density at radius 3 is 2.84 bits per heavy atom. The summed E-state index contributed by atoms with van der Waals surface area (Å²) in [6, 6.07) is 6.95. The fraction of sp³-hybridized carbons (Fsp3) is 0.632. The van der Waals surface area contributed by atoms with E-state index < -0.39 is 0 Å². The van der Waals surface area contributed by atoms with E-state index in [1.165, 1.54) is 36.8 Å². The Labute approximate surface area is 174 Å². The van der Waals surface area contributed by atoms with Gasteiger partial charge >= 0.3 is 0 Å². The third-order valence-electron chi connectivity index (χ3n) is 4.70. The molecule has 2 rings (SSSR count). The Morgan fingerprint density at radius 2 is 2.16 bits per heavy atom. The molecular formula is C19H32IN3OS. The topological polar surface area (TPSA) is 45.7 Å². The maximum atomic E-state index is 5.40. The Bertz CT molecular complexity index is 553. The first-order chi connectivity index (χ1) is 11.7. The van der Waals surface area contributed by atoms with E-state index in [-0.39, 0.29) is 24.0 Å². The molecule has 25 heavy (non-hydrogen) atoms. The van der Waals surface area contributed by atoms with Crippen LogP contribution < -0.4 is 15.4 Å². The van der Waals surface area contributed by atoms with Gasteiger partial charge in [0.25, 0.3) is 0 Å². The van der Waals surface area contributed by atoms with Gasteiger partial charge in [-0.1, -0.05) is 18.6 Å². The van der Waals surface area contributed by atoms with Crippen molar-refractivity contribution in [3.8, 4) is 5.75 Å². The third-order valence-corrected chi connectivity index (χ3v) is 5.80. The van der Waals surface area contributed by atoms with E-state index in [0.29, 0.717) is 6.04 Å². The molecule has 0 spiro atoms. The molecule has 2 atom stereocenters. The highest BCUT2D eigenvalue weighted by atomic mass is 127. The summed E-state index contributed by atoms with van der Waals surface area (Å²) >= 11 is 1.99. The predicted octanol–water partition coefficient (Wildman–Crippen LogP) is 4.00. The van der Waals surface area contributed by atoms with Gasteiger partial charge in [0.2, 0.25) is 0 Å². The molecule has 0 saturated heterocycles. The number of guanidine groups is 1. The Morgan fingerprint density at radius 1 is 1.36 bits per heavy atom. The molecule has 6 heteroatoms. The van der Waals surface area contributed by atoms with Crippen LogP contribution in [0.4, 0.5) is 0 Å². The summed E-state index contributed by atoms with van der Waals surface area (Å²) in [5.41, 5.74) is 2.45. The van der Waals surface area contributed by atoms with Crippen LogP contribution in [0, 0.1) is 6.92 Å². The number of aryl methyl sites for hydroxylation is 1. The average Bonchev–Trinajstić information content (AvgIpc) is 2.62. The second kappa shape index (κ2) is 11.9. The Kier molecular flexibility index (Phi) is 10.7. The lowest BCUT2D eigenvalue weighted by molar-refractivity contribution is 0.411. The predicted molar refractivity (Wildman–Crippen MR) is 121 cm³/mol. The molecule has 0 heterocycles. The Balaban J connectivity index is 0.00000312. The summed E-state index contributed by atoms with van der Waals surface area (Å²) in [5, 5.41) is 7.82. The summed E-state index contributed by atoms with van der Waals surface area (Å²) in [6.45, 7) is 2.93. The van der Waals surface area contributed by atoms with Crippen LogP contribution in [-0.2, 0) is 6.42 Å². The highest BCUT2D eigenvalue weighted by molar-refractivity contribution is 14.0. The van der Waals surface area contributed by atoms with Crippen LogP contribution in [0.1, 0.15) is 36.8 Å². The largest absolute Gasteiger partial charge is 0.496 e. The van der Waals surface area contributed by atoms with Crippen molar-refractivity contribution in [1.29, 1.82) is 0 Å². The quantitative estimate of drug-likeness (QED) is 0.370. The van der Waals surface area contributed by atoms with Crippen LogP contribution in [0.25, 0.3) is 0 Å². The molecule has 1 aromatic rings. The smallest absolute Gasteiger partial charge is 0.191 e. The van der Waals surface area contributed by atoms with Crippen molar-refractivity contribution in [2.75, 3.05) is 27.0 Å². The molecule has 2 N–H and O–H groups in total. The van der Waals surface area contributed by atoms with Crippen molar-refractivity contribution < 1.29 is 4.74 Å². The molecule has 142 valence electrons. The van der Waals surface area contributed by atoms with Gasteiger partial charge in [-0.2, -0.15) is 11.8 Å². The van der Waals surface area contributed by atoms with Crippen molar-refractivity contribution >= 4 is 41.7 Å². The standard InChI is InChI=1S/C19H31N3OS.HI/c1-14-8-9-15(12-18(14)23-3)10-11-21-19(20-2)22-16-6-5-7-17(13-16)24-4;/h8-9,12,16-17H,5-7,10-11,13H2,1-4H3,(H2,20,21,22);1H.